The maximum absolute atomic E-state index is 11.5. The highest BCUT2D eigenvalue weighted by Crippen LogP contribution is 2.10. The summed E-state index contributed by atoms with van der Waals surface area (Å²) in [6.07, 6.45) is 5.38. The average molecular weight is 192 g/mol. The summed E-state index contributed by atoms with van der Waals surface area (Å²) in [5.41, 5.74) is 0.193. The number of nitrogens with zero attached hydrogens (tertiary/aromatic N) is 1. The lowest BCUT2D eigenvalue weighted by Crippen LogP contribution is -2.17. The summed E-state index contributed by atoms with van der Waals surface area (Å²) in [6, 6.07) is 0. The standard InChI is InChI=1S/C10H12N2O2/c1-4-6-8-9(13)11-7(3)12-10(8)14-5-2/h1H,5-6H2,2-3H3,(H,11,12,13). The molecule has 0 aliphatic rings. The summed E-state index contributed by atoms with van der Waals surface area (Å²) in [6.45, 7) is 3.99. The zero-order chi connectivity index (χ0) is 10.6. The van der Waals surface area contributed by atoms with E-state index in [0.717, 1.165) is 0 Å². The van der Waals surface area contributed by atoms with E-state index in [2.05, 4.69) is 15.9 Å². The van der Waals surface area contributed by atoms with Gasteiger partial charge in [-0.2, -0.15) is 0 Å². The predicted molar refractivity (Wildman–Crippen MR) is 53.3 cm³/mol. The van der Waals surface area contributed by atoms with Gasteiger partial charge in [0.25, 0.3) is 5.56 Å². The smallest absolute Gasteiger partial charge is 0.258 e. The predicted octanol–water partition coefficient (Wildman–Crippen LogP) is 0.653. The number of nitrogens with one attached hydrogen (secondary N) is 1. The van der Waals surface area contributed by atoms with Crippen molar-refractivity contribution in [3.05, 3.63) is 21.7 Å². The lowest BCUT2D eigenvalue weighted by molar-refractivity contribution is 0.321. The van der Waals surface area contributed by atoms with Crippen molar-refractivity contribution in [1.82, 2.24) is 9.97 Å². The van der Waals surface area contributed by atoms with Gasteiger partial charge in [0.2, 0.25) is 5.88 Å². The summed E-state index contributed by atoms with van der Waals surface area (Å²) in [5.74, 6) is 3.27. The van der Waals surface area contributed by atoms with Crippen LogP contribution in [0, 0.1) is 19.3 Å². The van der Waals surface area contributed by atoms with Crippen LogP contribution in [0.15, 0.2) is 4.79 Å². The molecule has 0 spiro atoms. The van der Waals surface area contributed by atoms with Crippen molar-refractivity contribution < 1.29 is 4.74 Å². The normalized spacial score (nSPS) is 9.50. The molecule has 0 fully saturated rings. The van der Waals surface area contributed by atoms with E-state index in [0.29, 0.717) is 23.9 Å². The number of H-pyrrole nitrogens is 1. The minimum atomic E-state index is -0.223. The van der Waals surface area contributed by atoms with Gasteiger partial charge in [-0.25, -0.2) is 4.98 Å². The molecule has 14 heavy (non-hydrogen) atoms. The first kappa shape index (κ1) is 10.3. The van der Waals surface area contributed by atoms with E-state index in [1.807, 2.05) is 6.92 Å². The van der Waals surface area contributed by atoms with E-state index >= 15 is 0 Å². The molecule has 4 heteroatoms. The molecule has 0 aliphatic carbocycles. The van der Waals surface area contributed by atoms with Crippen LogP contribution in [0.4, 0.5) is 0 Å². The van der Waals surface area contributed by atoms with Gasteiger partial charge in [0, 0.05) is 6.42 Å². The van der Waals surface area contributed by atoms with Crippen molar-refractivity contribution in [2.24, 2.45) is 0 Å². The molecule has 1 N–H and O–H groups in total. The Balaban J connectivity index is 3.23. The van der Waals surface area contributed by atoms with E-state index in [4.69, 9.17) is 11.2 Å². The highest BCUT2D eigenvalue weighted by molar-refractivity contribution is 5.27. The number of aromatic nitrogens is 2. The molecule has 0 saturated heterocycles. The third kappa shape index (κ3) is 2.13. The summed E-state index contributed by atoms with van der Waals surface area (Å²) < 4.78 is 5.22. The summed E-state index contributed by atoms with van der Waals surface area (Å²) >= 11 is 0. The number of aromatic amines is 1. The average Bonchev–Trinajstić information content (AvgIpc) is 2.11. The lowest BCUT2D eigenvalue weighted by Gasteiger charge is -2.06. The van der Waals surface area contributed by atoms with Crippen LogP contribution in [0.25, 0.3) is 0 Å². The summed E-state index contributed by atoms with van der Waals surface area (Å²) in [7, 11) is 0. The van der Waals surface area contributed by atoms with Gasteiger partial charge in [0.15, 0.2) is 0 Å². The maximum atomic E-state index is 11.5. The van der Waals surface area contributed by atoms with Crippen LogP contribution < -0.4 is 10.3 Å². The Hall–Kier alpha value is -1.76. The molecule has 4 nitrogen and oxygen atoms in total. The van der Waals surface area contributed by atoms with E-state index in [1.54, 1.807) is 6.92 Å². The van der Waals surface area contributed by atoms with Crippen molar-refractivity contribution in [2.45, 2.75) is 20.3 Å². The fraction of sp³-hybridized carbons (Fsp3) is 0.400. The monoisotopic (exact) mass is 192 g/mol. The first-order valence-electron chi connectivity index (χ1n) is 4.35. The number of ether oxygens (including phenoxy) is 1. The Bertz CT molecular complexity index is 415. The molecular weight excluding hydrogens is 180 g/mol. The number of aryl methyl sites for hydroxylation is 1. The van der Waals surface area contributed by atoms with Crippen LogP contribution >= 0.6 is 0 Å². The van der Waals surface area contributed by atoms with Crippen molar-refractivity contribution in [1.29, 1.82) is 0 Å². The second kappa shape index (κ2) is 4.47. The van der Waals surface area contributed by atoms with E-state index in [1.165, 1.54) is 0 Å². The molecule has 1 aromatic heterocycles. The minimum absolute atomic E-state index is 0.223. The van der Waals surface area contributed by atoms with Crippen molar-refractivity contribution in [3.8, 4) is 18.2 Å². The molecule has 1 aromatic rings. The van der Waals surface area contributed by atoms with Crippen LogP contribution in [0.3, 0.4) is 0 Å². The van der Waals surface area contributed by atoms with Crippen molar-refractivity contribution in [2.75, 3.05) is 6.61 Å². The number of terminal acetylenes is 1. The first-order chi connectivity index (χ1) is 6.69. The maximum Gasteiger partial charge on any atom is 0.258 e. The third-order valence-electron chi connectivity index (χ3n) is 1.66. The quantitative estimate of drug-likeness (QED) is 0.715. The van der Waals surface area contributed by atoms with E-state index in [9.17, 15) is 4.79 Å². The van der Waals surface area contributed by atoms with Crippen molar-refractivity contribution >= 4 is 0 Å². The first-order valence-corrected chi connectivity index (χ1v) is 4.35. The number of hydrogen-bond donors (Lipinski definition) is 1. The van der Waals surface area contributed by atoms with Gasteiger partial charge in [-0.3, -0.25) is 4.79 Å². The molecular formula is C10H12N2O2. The Morgan fingerprint density at radius 3 is 2.93 bits per heavy atom. The van der Waals surface area contributed by atoms with Gasteiger partial charge in [0.05, 0.1) is 12.2 Å². The molecule has 74 valence electrons. The van der Waals surface area contributed by atoms with Crippen LogP contribution in [0.1, 0.15) is 18.3 Å². The second-order valence-electron chi connectivity index (χ2n) is 2.75. The molecule has 0 radical (unpaired) electrons. The minimum Gasteiger partial charge on any atom is -0.478 e. The number of rotatable bonds is 3. The molecule has 0 saturated carbocycles. The summed E-state index contributed by atoms with van der Waals surface area (Å²) in [4.78, 5) is 18.1. The fourth-order valence-corrected chi connectivity index (χ4v) is 1.10. The van der Waals surface area contributed by atoms with Crippen molar-refractivity contribution in [3.63, 3.8) is 0 Å². The SMILES string of the molecule is C#CCc1c(OCC)nc(C)[nH]c1=O. The zero-order valence-corrected chi connectivity index (χ0v) is 8.26. The Morgan fingerprint density at radius 2 is 2.36 bits per heavy atom. The lowest BCUT2D eigenvalue weighted by atomic mass is 10.2. The molecule has 0 aromatic carbocycles. The molecule has 0 atom stereocenters. The largest absolute Gasteiger partial charge is 0.478 e. The molecule has 1 heterocycles. The van der Waals surface area contributed by atoms with Crippen LogP contribution in [0.5, 0.6) is 5.88 Å². The topological polar surface area (TPSA) is 55.0 Å². The fourth-order valence-electron chi connectivity index (χ4n) is 1.10. The third-order valence-corrected chi connectivity index (χ3v) is 1.66. The van der Waals surface area contributed by atoms with Gasteiger partial charge in [-0.15, -0.1) is 12.3 Å². The van der Waals surface area contributed by atoms with Gasteiger partial charge in [0.1, 0.15) is 5.82 Å². The van der Waals surface area contributed by atoms with E-state index < -0.39 is 0 Å². The highest BCUT2D eigenvalue weighted by atomic mass is 16.5. The van der Waals surface area contributed by atoms with Gasteiger partial charge in [-0.05, 0) is 13.8 Å². The molecule has 1 rings (SSSR count). The molecule has 0 aliphatic heterocycles. The van der Waals surface area contributed by atoms with Crippen LogP contribution in [-0.2, 0) is 6.42 Å². The Labute approximate surface area is 82.3 Å². The van der Waals surface area contributed by atoms with Gasteiger partial charge in [-0.1, -0.05) is 0 Å². The number of hydrogen-bond acceptors (Lipinski definition) is 3. The Morgan fingerprint density at radius 1 is 1.64 bits per heavy atom. The molecule has 0 bridgehead atoms. The van der Waals surface area contributed by atoms with Crippen LogP contribution in [0.2, 0.25) is 0 Å². The Kier molecular flexibility index (Phi) is 3.29. The summed E-state index contributed by atoms with van der Waals surface area (Å²) in [5, 5.41) is 0. The van der Waals surface area contributed by atoms with E-state index in [-0.39, 0.29) is 12.0 Å². The van der Waals surface area contributed by atoms with Gasteiger partial charge < -0.3 is 9.72 Å². The van der Waals surface area contributed by atoms with Gasteiger partial charge >= 0.3 is 0 Å². The highest BCUT2D eigenvalue weighted by Gasteiger charge is 2.09. The van der Waals surface area contributed by atoms with Crippen LogP contribution in [-0.4, -0.2) is 16.6 Å². The molecule has 0 amide bonds. The molecule has 0 unspecified atom stereocenters. The second-order valence-corrected chi connectivity index (χ2v) is 2.75. The zero-order valence-electron chi connectivity index (χ0n) is 8.26.